The lowest BCUT2D eigenvalue weighted by Gasteiger charge is -2.34. The number of rotatable bonds is 4. The van der Waals surface area contributed by atoms with E-state index in [2.05, 4.69) is 12.1 Å². The van der Waals surface area contributed by atoms with Gasteiger partial charge in [0.05, 0.1) is 0 Å². The van der Waals surface area contributed by atoms with Gasteiger partial charge in [0.25, 0.3) is 0 Å². The van der Waals surface area contributed by atoms with Crippen LogP contribution < -0.4 is 0 Å². The summed E-state index contributed by atoms with van der Waals surface area (Å²) < 4.78 is 45.5. The topological polar surface area (TPSA) is 26.3 Å². The fourth-order valence-corrected chi connectivity index (χ4v) is 3.38. The number of carbonyl (C=O) groups is 1. The Hall–Kier alpha value is -2.30. The number of benzene rings is 2. The van der Waals surface area contributed by atoms with Crippen LogP contribution in [-0.2, 0) is 21.6 Å². The van der Waals surface area contributed by atoms with Gasteiger partial charge in [-0.2, -0.15) is 13.2 Å². The minimum absolute atomic E-state index is 0.370. The molecule has 2 aromatic rings. The highest BCUT2D eigenvalue weighted by Gasteiger charge is 2.57. The van der Waals surface area contributed by atoms with Gasteiger partial charge in [0.1, 0.15) is 5.60 Å². The number of hydrogen-bond acceptors (Lipinski definition) is 2. The smallest absolute Gasteiger partial charge is 0.404 e. The molecule has 0 saturated carbocycles. The highest BCUT2D eigenvalue weighted by atomic mass is 19.4. The van der Waals surface area contributed by atoms with E-state index in [0.717, 1.165) is 24.5 Å². The van der Waals surface area contributed by atoms with E-state index in [1.807, 2.05) is 30.3 Å². The first-order valence-electron chi connectivity index (χ1n) is 9.01. The summed E-state index contributed by atoms with van der Waals surface area (Å²) in [6, 6.07) is 13.8. The molecule has 0 N–H and O–H groups in total. The summed E-state index contributed by atoms with van der Waals surface area (Å²) in [5.74, 6) is -1.24. The van der Waals surface area contributed by atoms with Crippen LogP contribution in [0.1, 0.15) is 50.8 Å². The molecule has 1 aliphatic carbocycles. The van der Waals surface area contributed by atoms with Crippen molar-refractivity contribution in [3.63, 3.8) is 0 Å². The Balaban J connectivity index is 1.88. The predicted octanol–water partition coefficient (Wildman–Crippen LogP) is 6.01. The van der Waals surface area contributed by atoms with E-state index in [1.54, 1.807) is 13.8 Å². The first-order valence-corrected chi connectivity index (χ1v) is 9.01. The summed E-state index contributed by atoms with van der Waals surface area (Å²) in [7, 11) is 0. The molecule has 0 bridgehead atoms. The zero-order valence-corrected chi connectivity index (χ0v) is 15.9. The Morgan fingerprint density at radius 3 is 2.26 bits per heavy atom. The van der Waals surface area contributed by atoms with Crippen molar-refractivity contribution in [3.8, 4) is 11.1 Å². The van der Waals surface area contributed by atoms with Crippen LogP contribution in [0.2, 0.25) is 0 Å². The quantitative estimate of drug-likeness (QED) is 0.521. The molecular weight excluding hydrogens is 353 g/mol. The number of hydrogen-bond donors (Lipinski definition) is 0. The van der Waals surface area contributed by atoms with Gasteiger partial charge in [-0.15, -0.1) is 0 Å². The zero-order chi connectivity index (χ0) is 20.0. The van der Waals surface area contributed by atoms with Gasteiger partial charge in [-0.3, -0.25) is 4.79 Å². The summed E-state index contributed by atoms with van der Waals surface area (Å²) in [6.07, 6.45) is -4.27. The summed E-state index contributed by atoms with van der Waals surface area (Å²) in [4.78, 5) is 12.4. The Bertz CT molecular complexity index is 883. The van der Waals surface area contributed by atoms with Gasteiger partial charge in [-0.05, 0) is 61.4 Å². The standard InChI is InChI=1S/C22H23F3O2/c1-5-21(4,22(23,24)25)19(26)27-20(2,3)16-10-11-18-15(13-16)12-14-8-6-7-9-17(14)18/h6-11,13H,5,12H2,1-4H3. The van der Waals surface area contributed by atoms with Crippen LogP contribution >= 0.6 is 0 Å². The first-order chi connectivity index (χ1) is 12.5. The minimum atomic E-state index is -4.66. The zero-order valence-electron chi connectivity index (χ0n) is 15.9. The van der Waals surface area contributed by atoms with Crippen molar-refractivity contribution >= 4 is 5.97 Å². The van der Waals surface area contributed by atoms with Crippen molar-refractivity contribution in [1.82, 2.24) is 0 Å². The molecule has 0 saturated heterocycles. The molecule has 0 amide bonds. The Morgan fingerprint density at radius 1 is 1.00 bits per heavy atom. The third-order valence-corrected chi connectivity index (χ3v) is 5.62. The van der Waals surface area contributed by atoms with Crippen LogP contribution in [0.5, 0.6) is 0 Å². The van der Waals surface area contributed by atoms with E-state index in [1.165, 1.54) is 18.1 Å². The second-order valence-corrected chi connectivity index (χ2v) is 7.79. The van der Waals surface area contributed by atoms with Crippen molar-refractivity contribution in [2.75, 3.05) is 0 Å². The molecule has 27 heavy (non-hydrogen) atoms. The van der Waals surface area contributed by atoms with E-state index in [4.69, 9.17) is 4.74 Å². The van der Waals surface area contributed by atoms with Gasteiger partial charge >= 0.3 is 12.1 Å². The van der Waals surface area contributed by atoms with Crippen LogP contribution in [0.3, 0.4) is 0 Å². The fourth-order valence-electron chi connectivity index (χ4n) is 3.38. The molecule has 2 nitrogen and oxygen atoms in total. The largest absolute Gasteiger partial charge is 0.454 e. The maximum Gasteiger partial charge on any atom is 0.404 e. The number of ether oxygens (including phenoxy) is 1. The van der Waals surface area contributed by atoms with Crippen molar-refractivity contribution in [3.05, 3.63) is 59.2 Å². The lowest BCUT2D eigenvalue weighted by molar-refractivity contribution is -0.237. The minimum Gasteiger partial charge on any atom is -0.454 e. The third-order valence-electron chi connectivity index (χ3n) is 5.62. The maximum absolute atomic E-state index is 13.4. The molecule has 0 fully saturated rings. The molecule has 144 valence electrons. The lowest BCUT2D eigenvalue weighted by Crippen LogP contribution is -2.45. The third kappa shape index (κ3) is 3.24. The van der Waals surface area contributed by atoms with Crippen molar-refractivity contribution in [1.29, 1.82) is 0 Å². The number of halogens is 3. The lowest BCUT2D eigenvalue weighted by atomic mass is 9.86. The SMILES string of the molecule is CCC(C)(C(=O)OC(C)(C)c1ccc2c(c1)Cc1ccccc1-2)C(F)(F)F. The molecule has 1 aliphatic rings. The van der Waals surface area contributed by atoms with Gasteiger partial charge in [0, 0.05) is 0 Å². The van der Waals surface area contributed by atoms with E-state index in [-0.39, 0.29) is 6.42 Å². The molecule has 0 aromatic heterocycles. The second-order valence-electron chi connectivity index (χ2n) is 7.79. The second kappa shape index (κ2) is 6.39. The molecule has 0 radical (unpaired) electrons. The molecular formula is C22H23F3O2. The number of esters is 1. The summed E-state index contributed by atoms with van der Waals surface area (Å²) in [5.41, 5.74) is 1.60. The normalized spacial score (nSPS) is 15.7. The molecule has 3 rings (SSSR count). The highest BCUT2D eigenvalue weighted by molar-refractivity contribution is 5.79. The average molecular weight is 376 g/mol. The van der Waals surface area contributed by atoms with Crippen LogP contribution in [0.25, 0.3) is 11.1 Å². The van der Waals surface area contributed by atoms with E-state index in [0.29, 0.717) is 5.56 Å². The fraction of sp³-hybridized carbons (Fsp3) is 0.409. The van der Waals surface area contributed by atoms with Crippen molar-refractivity contribution in [2.45, 2.75) is 52.3 Å². The van der Waals surface area contributed by atoms with Crippen LogP contribution in [-0.4, -0.2) is 12.1 Å². The van der Waals surface area contributed by atoms with Crippen LogP contribution in [0, 0.1) is 5.41 Å². The van der Waals surface area contributed by atoms with Gasteiger partial charge in [-0.25, -0.2) is 0 Å². The van der Waals surface area contributed by atoms with Crippen LogP contribution in [0.4, 0.5) is 13.2 Å². The molecule has 0 heterocycles. The number of alkyl halides is 3. The monoisotopic (exact) mass is 376 g/mol. The summed E-state index contributed by atoms with van der Waals surface area (Å²) >= 11 is 0. The first kappa shape index (κ1) is 19.5. The Morgan fingerprint density at radius 2 is 1.63 bits per heavy atom. The molecule has 1 atom stereocenters. The van der Waals surface area contributed by atoms with Gasteiger partial charge in [-0.1, -0.05) is 49.4 Å². The molecule has 2 aromatic carbocycles. The van der Waals surface area contributed by atoms with E-state index in [9.17, 15) is 18.0 Å². The van der Waals surface area contributed by atoms with Crippen molar-refractivity contribution in [2.24, 2.45) is 5.41 Å². The van der Waals surface area contributed by atoms with E-state index >= 15 is 0 Å². The van der Waals surface area contributed by atoms with Crippen molar-refractivity contribution < 1.29 is 22.7 Å². The van der Waals surface area contributed by atoms with Gasteiger partial charge in [0.2, 0.25) is 0 Å². The Labute approximate surface area is 157 Å². The van der Waals surface area contributed by atoms with Gasteiger partial charge in [0.15, 0.2) is 5.41 Å². The number of fused-ring (bicyclic) bond motifs is 3. The van der Waals surface area contributed by atoms with Crippen LogP contribution in [0.15, 0.2) is 42.5 Å². The van der Waals surface area contributed by atoms with E-state index < -0.39 is 23.2 Å². The summed E-state index contributed by atoms with van der Waals surface area (Å²) in [6.45, 7) is 5.49. The Kier molecular flexibility index (Phi) is 4.61. The molecule has 0 aliphatic heterocycles. The average Bonchev–Trinajstić information content (AvgIpc) is 2.97. The van der Waals surface area contributed by atoms with Gasteiger partial charge < -0.3 is 4.74 Å². The molecule has 1 unspecified atom stereocenters. The number of carbonyl (C=O) groups excluding carboxylic acids is 1. The summed E-state index contributed by atoms with van der Waals surface area (Å²) in [5, 5.41) is 0. The molecule has 5 heteroatoms. The predicted molar refractivity (Wildman–Crippen MR) is 98.3 cm³/mol. The molecule has 0 spiro atoms. The maximum atomic E-state index is 13.4. The highest BCUT2D eigenvalue weighted by Crippen LogP contribution is 2.44.